The molecule has 1 rings (SSSR count). The summed E-state index contributed by atoms with van der Waals surface area (Å²) in [6, 6.07) is 0.311. The van der Waals surface area contributed by atoms with E-state index >= 15 is 0 Å². The molecule has 1 N–H and O–H groups in total. The summed E-state index contributed by atoms with van der Waals surface area (Å²) < 4.78 is 5.23. The molecule has 0 amide bonds. The van der Waals surface area contributed by atoms with Crippen molar-refractivity contribution in [1.82, 2.24) is 14.9 Å². The van der Waals surface area contributed by atoms with Crippen LogP contribution in [0.2, 0.25) is 5.15 Å². The van der Waals surface area contributed by atoms with E-state index < -0.39 is 0 Å². The van der Waals surface area contributed by atoms with Crippen LogP contribution in [0.25, 0.3) is 0 Å². The second-order valence-corrected chi connectivity index (χ2v) is 5.12. The molecular formula is C14H25ClN4O. The predicted octanol–water partition coefficient (Wildman–Crippen LogP) is 3.06. The van der Waals surface area contributed by atoms with Crippen LogP contribution in [-0.2, 0) is 0 Å². The minimum absolute atomic E-state index is 0.311. The highest BCUT2D eigenvalue weighted by Gasteiger charge is 2.12. The number of rotatable bonds is 9. The lowest BCUT2D eigenvalue weighted by Gasteiger charge is -2.20. The maximum Gasteiger partial charge on any atom is 0.198 e. The molecule has 1 unspecified atom stereocenters. The van der Waals surface area contributed by atoms with Crippen LogP contribution < -0.4 is 10.1 Å². The minimum Gasteiger partial charge on any atom is -0.490 e. The summed E-state index contributed by atoms with van der Waals surface area (Å²) in [4.78, 5) is 10.5. The van der Waals surface area contributed by atoms with E-state index in [2.05, 4.69) is 41.0 Å². The topological polar surface area (TPSA) is 50.3 Å². The van der Waals surface area contributed by atoms with Crippen LogP contribution in [0.3, 0.4) is 0 Å². The Morgan fingerprint density at radius 1 is 1.35 bits per heavy atom. The van der Waals surface area contributed by atoms with Gasteiger partial charge in [-0.15, -0.1) is 0 Å². The maximum absolute atomic E-state index is 5.97. The molecule has 1 aromatic rings. The Morgan fingerprint density at radius 2 is 2.05 bits per heavy atom. The van der Waals surface area contributed by atoms with Crippen LogP contribution in [0.1, 0.15) is 33.6 Å². The van der Waals surface area contributed by atoms with Crippen molar-refractivity contribution in [2.24, 2.45) is 0 Å². The first-order chi connectivity index (χ1) is 9.62. The van der Waals surface area contributed by atoms with Gasteiger partial charge in [-0.2, -0.15) is 0 Å². The number of hydrogen-bond acceptors (Lipinski definition) is 5. The Hall–Kier alpha value is -1.07. The SMILES string of the molecule is CCN(CC)CCCC(C)Nc1ncnc(Cl)c1OC. The van der Waals surface area contributed by atoms with Gasteiger partial charge < -0.3 is 15.0 Å². The number of anilines is 1. The summed E-state index contributed by atoms with van der Waals surface area (Å²) in [6.07, 6.45) is 3.66. The molecule has 1 heterocycles. The lowest BCUT2D eigenvalue weighted by Crippen LogP contribution is -2.25. The Bertz CT molecular complexity index is 399. The number of hydrogen-bond donors (Lipinski definition) is 1. The first-order valence-corrected chi connectivity index (χ1v) is 7.53. The van der Waals surface area contributed by atoms with Gasteiger partial charge in [0.15, 0.2) is 16.7 Å². The molecule has 114 valence electrons. The molecule has 0 saturated heterocycles. The Balaban J connectivity index is 2.46. The molecule has 0 aliphatic carbocycles. The maximum atomic E-state index is 5.97. The molecular weight excluding hydrogens is 276 g/mol. The molecule has 0 spiro atoms. The molecule has 0 aliphatic rings. The Labute approximate surface area is 126 Å². The van der Waals surface area contributed by atoms with Crippen molar-refractivity contribution in [3.8, 4) is 5.75 Å². The average Bonchev–Trinajstić information content (AvgIpc) is 2.44. The molecule has 20 heavy (non-hydrogen) atoms. The summed E-state index contributed by atoms with van der Waals surface area (Å²) in [6.45, 7) is 9.86. The average molecular weight is 301 g/mol. The molecule has 5 nitrogen and oxygen atoms in total. The highest BCUT2D eigenvalue weighted by molar-refractivity contribution is 6.31. The van der Waals surface area contributed by atoms with Crippen molar-refractivity contribution < 1.29 is 4.74 Å². The normalized spacial score (nSPS) is 12.5. The van der Waals surface area contributed by atoms with Gasteiger partial charge in [-0.1, -0.05) is 25.4 Å². The van der Waals surface area contributed by atoms with E-state index in [4.69, 9.17) is 16.3 Å². The van der Waals surface area contributed by atoms with E-state index in [9.17, 15) is 0 Å². The van der Waals surface area contributed by atoms with Gasteiger partial charge in [0.1, 0.15) is 6.33 Å². The molecule has 0 bridgehead atoms. The third kappa shape index (κ3) is 5.13. The van der Waals surface area contributed by atoms with Crippen molar-refractivity contribution in [2.75, 3.05) is 32.1 Å². The zero-order valence-corrected chi connectivity index (χ0v) is 13.6. The number of aromatic nitrogens is 2. The number of ether oxygens (including phenoxy) is 1. The summed E-state index contributed by atoms with van der Waals surface area (Å²) >= 11 is 5.97. The number of methoxy groups -OCH3 is 1. The predicted molar refractivity (Wildman–Crippen MR) is 83.7 cm³/mol. The van der Waals surface area contributed by atoms with Crippen molar-refractivity contribution in [2.45, 2.75) is 39.7 Å². The first-order valence-electron chi connectivity index (χ1n) is 7.15. The molecule has 0 aliphatic heterocycles. The third-order valence-corrected chi connectivity index (χ3v) is 3.62. The summed E-state index contributed by atoms with van der Waals surface area (Å²) in [5.41, 5.74) is 0. The minimum atomic E-state index is 0.311. The van der Waals surface area contributed by atoms with E-state index in [-0.39, 0.29) is 0 Å². The highest BCUT2D eigenvalue weighted by atomic mass is 35.5. The fraction of sp³-hybridized carbons (Fsp3) is 0.714. The van der Waals surface area contributed by atoms with E-state index in [1.807, 2.05) is 0 Å². The van der Waals surface area contributed by atoms with Crippen LogP contribution in [0.5, 0.6) is 5.75 Å². The van der Waals surface area contributed by atoms with Gasteiger partial charge in [0, 0.05) is 6.04 Å². The van der Waals surface area contributed by atoms with Crippen LogP contribution in [-0.4, -0.2) is 47.7 Å². The van der Waals surface area contributed by atoms with Crippen molar-refractivity contribution in [1.29, 1.82) is 0 Å². The summed E-state index contributed by atoms with van der Waals surface area (Å²) in [7, 11) is 1.57. The molecule has 0 saturated carbocycles. The van der Waals surface area contributed by atoms with Gasteiger partial charge >= 0.3 is 0 Å². The van der Waals surface area contributed by atoms with Gasteiger partial charge in [-0.3, -0.25) is 0 Å². The summed E-state index contributed by atoms with van der Waals surface area (Å²) in [5.74, 6) is 1.16. The lowest BCUT2D eigenvalue weighted by molar-refractivity contribution is 0.295. The number of nitrogens with zero attached hydrogens (tertiary/aromatic N) is 3. The van der Waals surface area contributed by atoms with Gasteiger partial charge in [0.05, 0.1) is 7.11 Å². The van der Waals surface area contributed by atoms with E-state index in [0.717, 1.165) is 32.5 Å². The van der Waals surface area contributed by atoms with Crippen molar-refractivity contribution in [3.05, 3.63) is 11.5 Å². The quantitative estimate of drug-likeness (QED) is 0.710. The third-order valence-electron chi connectivity index (χ3n) is 3.35. The molecule has 1 atom stereocenters. The van der Waals surface area contributed by atoms with Crippen LogP contribution in [0.15, 0.2) is 6.33 Å². The Morgan fingerprint density at radius 3 is 2.65 bits per heavy atom. The largest absolute Gasteiger partial charge is 0.490 e. The van der Waals surface area contributed by atoms with Crippen molar-refractivity contribution >= 4 is 17.4 Å². The lowest BCUT2D eigenvalue weighted by atomic mass is 10.1. The molecule has 1 aromatic heterocycles. The fourth-order valence-corrected chi connectivity index (χ4v) is 2.31. The second kappa shape index (κ2) is 8.97. The van der Waals surface area contributed by atoms with Crippen LogP contribution in [0.4, 0.5) is 5.82 Å². The zero-order valence-electron chi connectivity index (χ0n) is 12.8. The van der Waals surface area contributed by atoms with E-state index in [1.165, 1.54) is 6.33 Å². The zero-order chi connectivity index (χ0) is 15.0. The van der Waals surface area contributed by atoms with Crippen LogP contribution in [0, 0.1) is 0 Å². The van der Waals surface area contributed by atoms with E-state index in [0.29, 0.717) is 22.8 Å². The highest BCUT2D eigenvalue weighted by Crippen LogP contribution is 2.29. The number of halogens is 1. The smallest absolute Gasteiger partial charge is 0.198 e. The first kappa shape index (κ1) is 17.0. The van der Waals surface area contributed by atoms with Gasteiger partial charge in [0.25, 0.3) is 0 Å². The van der Waals surface area contributed by atoms with Crippen LogP contribution >= 0.6 is 11.6 Å². The molecule has 6 heteroatoms. The van der Waals surface area contributed by atoms with Gasteiger partial charge in [-0.05, 0) is 39.4 Å². The molecule has 0 radical (unpaired) electrons. The van der Waals surface area contributed by atoms with Gasteiger partial charge in [0.2, 0.25) is 0 Å². The summed E-state index contributed by atoms with van der Waals surface area (Å²) in [5, 5.41) is 3.67. The van der Waals surface area contributed by atoms with Gasteiger partial charge in [-0.25, -0.2) is 9.97 Å². The Kier molecular flexibility index (Phi) is 7.62. The standard InChI is InChI=1S/C14H25ClN4O/c1-5-19(6-2)9-7-8-11(3)18-14-12(20-4)13(15)16-10-17-14/h10-11H,5-9H2,1-4H3,(H,16,17,18). The van der Waals surface area contributed by atoms with Crippen molar-refractivity contribution in [3.63, 3.8) is 0 Å². The number of nitrogens with one attached hydrogen (secondary N) is 1. The molecule has 0 aromatic carbocycles. The monoisotopic (exact) mass is 300 g/mol. The van der Waals surface area contributed by atoms with E-state index in [1.54, 1.807) is 7.11 Å². The second-order valence-electron chi connectivity index (χ2n) is 4.76. The molecule has 0 fully saturated rings. The fourth-order valence-electron chi connectivity index (χ4n) is 2.10.